The normalized spacial score (nSPS) is 15.8. The Labute approximate surface area is 131 Å². The van der Waals surface area contributed by atoms with Crippen LogP contribution in [0.25, 0.3) is 6.08 Å². The maximum absolute atomic E-state index is 12.4. The summed E-state index contributed by atoms with van der Waals surface area (Å²) in [7, 11) is 0. The highest BCUT2D eigenvalue weighted by molar-refractivity contribution is 6.31. The Bertz CT molecular complexity index is 810. The predicted molar refractivity (Wildman–Crippen MR) is 80.8 cm³/mol. The van der Waals surface area contributed by atoms with E-state index in [0.717, 1.165) is 0 Å². The van der Waals surface area contributed by atoms with Gasteiger partial charge in [0.15, 0.2) is 0 Å². The Balaban J connectivity index is 1.89. The number of carbonyl (C=O) groups is 3. The molecule has 2 amide bonds. The Morgan fingerprint density at radius 3 is 2.26 bits per heavy atom. The van der Waals surface area contributed by atoms with Crippen molar-refractivity contribution in [3.63, 3.8) is 0 Å². The van der Waals surface area contributed by atoms with Crippen LogP contribution in [0.15, 0.2) is 60.2 Å². The van der Waals surface area contributed by atoms with Crippen LogP contribution in [0.4, 0.5) is 5.69 Å². The summed E-state index contributed by atoms with van der Waals surface area (Å²) in [5, 5.41) is 11.9. The molecule has 3 rings (SSSR count). The number of carboxylic acids is 1. The Morgan fingerprint density at radius 1 is 1.00 bits per heavy atom. The molecule has 0 aliphatic carbocycles. The standard InChI is InChI=1S/C17H12N2O4/c20-15-14(10-11-6-8-12(9-7-11)17(22)23)16(21)19(18-15)13-4-2-1-3-5-13/h1-10H,(H,18,20)(H,22,23)/p-1/b14-10+. The largest absolute Gasteiger partial charge is 0.545 e. The van der Waals surface area contributed by atoms with Crippen LogP contribution in [0, 0.1) is 0 Å². The molecule has 1 aliphatic heterocycles. The lowest BCUT2D eigenvalue weighted by Gasteiger charge is -2.13. The van der Waals surface area contributed by atoms with Crippen molar-refractivity contribution in [2.45, 2.75) is 0 Å². The molecule has 2 aromatic rings. The van der Waals surface area contributed by atoms with Crippen molar-refractivity contribution in [3.05, 3.63) is 71.3 Å². The lowest BCUT2D eigenvalue weighted by atomic mass is 10.1. The van der Waals surface area contributed by atoms with E-state index in [1.807, 2.05) is 6.07 Å². The van der Waals surface area contributed by atoms with Crippen LogP contribution < -0.4 is 15.5 Å². The van der Waals surface area contributed by atoms with Gasteiger partial charge in [0.1, 0.15) is 5.57 Å². The van der Waals surface area contributed by atoms with Gasteiger partial charge in [-0.25, -0.2) is 5.01 Å². The average Bonchev–Trinajstić information content (AvgIpc) is 2.84. The number of carbonyl (C=O) groups excluding carboxylic acids is 3. The zero-order valence-electron chi connectivity index (χ0n) is 11.9. The lowest BCUT2D eigenvalue weighted by Crippen LogP contribution is -2.35. The van der Waals surface area contributed by atoms with Crippen LogP contribution in [0.1, 0.15) is 15.9 Å². The monoisotopic (exact) mass is 307 g/mol. The van der Waals surface area contributed by atoms with Gasteiger partial charge < -0.3 is 9.90 Å². The highest BCUT2D eigenvalue weighted by atomic mass is 16.4. The second kappa shape index (κ2) is 5.76. The topological polar surface area (TPSA) is 89.5 Å². The number of para-hydroxylation sites is 1. The fourth-order valence-electron chi connectivity index (χ4n) is 2.20. The van der Waals surface area contributed by atoms with E-state index in [-0.39, 0.29) is 11.1 Å². The van der Waals surface area contributed by atoms with E-state index in [2.05, 4.69) is 5.43 Å². The molecule has 0 aromatic heterocycles. The quantitative estimate of drug-likeness (QED) is 0.661. The summed E-state index contributed by atoms with van der Waals surface area (Å²) >= 11 is 0. The van der Waals surface area contributed by atoms with E-state index in [9.17, 15) is 19.5 Å². The first-order valence-corrected chi connectivity index (χ1v) is 6.80. The number of hydrogen-bond acceptors (Lipinski definition) is 4. The number of hydrazine groups is 1. The zero-order chi connectivity index (χ0) is 16.4. The molecule has 0 saturated carbocycles. The molecule has 0 atom stereocenters. The van der Waals surface area contributed by atoms with E-state index in [1.165, 1.54) is 35.4 Å². The van der Waals surface area contributed by atoms with Crippen LogP contribution in [0.3, 0.4) is 0 Å². The van der Waals surface area contributed by atoms with E-state index < -0.39 is 17.8 Å². The van der Waals surface area contributed by atoms with E-state index in [0.29, 0.717) is 11.3 Å². The van der Waals surface area contributed by atoms with Gasteiger partial charge in [0, 0.05) is 0 Å². The Morgan fingerprint density at radius 2 is 1.65 bits per heavy atom. The molecule has 6 nitrogen and oxygen atoms in total. The summed E-state index contributed by atoms with van der Waals surface area (Å²) in [4.78, 5) is 35.1. The number of aromatic carboxylic acids is 1. The van der Waals surface area contributed by atoms with Gasteiger partial charge in [-0.15, -0.1) is 0 Å². The molecular weight excluding hydrogens is 296 g/mol. The first-order valence-electron chi connectivity index (χ1n) is 6.80. The smallest absolute Gasteiger partial charge is 0.282 e. The highest BCUT2D eigenvalue weighted by Crippen LogP contribution is 2.21. The fourth-order valence-corrected chi connectivity index (χ4v) is 2.20. The van der Waals surface area contributed by atoms with Gasteiger partial charge >= 0.3 is 0 Å². The van der Waals surface area contributed by atoms with Crippen LogP contribution in [-0.2, 0) is 9.59 Å². The predicted octanol–water partition coefficient (Wildman–Crippen LogP) is 0.512. The molecule has 2 aromatic carbocycles. The number of anilines is 1. The van der Waals surface area contributed by atoms with E-state index >= 15 is 0 Å². The Hall–Kier alpha value is -3.41. The molecule has 1 heterocycles. The molecule has 1 aliphatic rings. The van der Waals surface area contributed by atoms with Gasteiger partial charge in [-0.1, -0.05) is 42.5 Å². The second-order valence-electron chi connectivity index (χ2n) is 4.88. The Kier molecular flexibility index (Phi) is 3.64. The second-order valence-corrected chi connectivity index (χ2v) is 4.88. The molecule has 0 spiro atoms. The molecular formula is C17H11N2O4-. The number of nitrogens with zero attached hydrogens (tertiary/aromatic N) is 1. The summed E-state index contributed by atoms with van der Waals surface area (Å²) in [5.41, 5.74) is 3.60. The first-order chi connectivity index (χ1) is 11.1. The van der Waals surface area contributed by atoms with E-state index in [1.54, 1.807) is 24.3 Å². The third kappa shape index (κ3) is 2.82. The summed E-state index contributed by atoms with van der Waals surface area (Å²) in [6.45, 7) is 0. The highest BCUT2D eigenvalue weighted by Gasteiger charge is 2.34. The minimum absolute atomic E-state index is 0.0185. The van der Waals surface area contributed by atoms with Gasteiger partial charge in [-0.05, 0) is 29.3 Å². The van der Waals surface area contributed by atoms with Crippen molar-refractivity contribution < 1.29 is 19.5 Å². The van der Waals surface area contributed by atoms with E-state index in [4.69, 9.17) is 0 Å². The molecule has 0 bridgehead atoms. The van der Waals surface area contributed by atoms with Crippen molar-refractivity contribution in [2.24, 2.45) is 0 Å². The molecule has 1 fully saturated rings. The third-order valence-electron chi connectivity index (χ3n) is 3.36. The minimum atomic E-state index is -1.28. The summed E-state index contributed by atoms with van der Waals surface area (Å²) in [6, 6.07) is 14.5. The van der Waals surface area contributed by atoms with Gasteiger partial charge in [-0.3, -0.25) is 15.0 Å². The molecule has 1 N–H and O–H groups in total. The van der Waals surface area contributed by atoms with Crippen molar-refractivity contribution in [3.8, 4) is 0 Å². The first kappa shape index (κ1) is 14.5. The molecule has 114 valence electrons. The number of rotatable bonds is 3. The molecule has 0 radical (unpaired) electrons. The maximum Gasteiger partial charge on any atom is 0.282 e. The van der Waals surface area contributed by atoms with Gasteiger partial charge in [0.25, 0.3) is 11.8 Å². The van der Waals surface area contributed by atoms with Crippen LogP contribution in [-0.4, -0.2) is 17.8 Å². The number of hydrogen-bond donors (Lipinski definition) is 1. The van der Waals surface area contributed by atoms with Gasteiger partial charge in [0.05, 0.1) is 11.7 Å². The van der Waals surface area contributed by atoms with Crippen molar-refractivity contribution >= 4 is 29.5 Å². The molecule has 23 heavy (non-hydrogen) atoms. The van der Waals surface area contributed by atoms with Crippen molar-refractivity contribution in [2.75, 3.05) is 5.01 Å². The van der Waals surface area contributed by atoms with Crippen molar-refractivity contribution in [1.82, 2.24) is 5.43 Å². The zero-order valence-corrected chi connectivity index (χ0v) is 11.9. The summed E-state index contributed by atoms with van der Waals surface area (Å²) in [6.07, 6.45) is 1.42. The minimum Gasteiger partial charge on any atom is -0.545 e. The van der Waals surface area contributed by atoms with Gasteiger partial charge in [-0.2, -0.15) is 0 Å². The number of benzene rings is 2. The maximum atomic E-state index is 12.4. The molecule has 6 heteroatoms. The molecule has 1 saturated heterocycles. The van der Waals surface area contributed by atoms with Crippen LogP contribution >= 0.6 is 0 Å². The fraction of sp³-hybridized carbons (Fsp3) is 0. The SMILES string of the molecule is O=C1NN(c2ccccc2)C(=O)/C1=C/c1ccc(C(=O)[O-])cc1. The average molecular weight is 307 g/mol. The summed E-state index contributed by atoms with van der Waals surface area (Å²) < 4.78 is 0. The number of nitrogens with one attached hydrogen (secondary N) is 1. The number of amides is 2. The molecule has 0 unspecified atom stereocenters. The van der Waals surface area contributed by atoms with Crippen molar-refractivity contribution in [1.29, 1.82) is 0 Å². The van der Waals surface area contributed by atoms with Crippen LogP contribution in [0.2, 0.25) is 0 Å². The summed E-state index contributed by atoms with van der Waals surface area (Å²) in [5.74, 6) is -2.26. The lowest BCUT2D eigenvalue weighted by molar-refractivity contribution is -0.255. The third-order valence-corrected chi connectivity index (χ3v) is 3.36. The number of carboxylic acid groups (broad SMARTS) is 1. The van der Waals surface area contributed by atoms with Crippen LogP contribution in [0.5, 0.6) is 0 Å². The van der Waals surface area contributed by atoms with Gasteiger partial charge in [0.2, 0.25) is 0 Å².